The number of hydrogen-bond donors (Lipinski definition) is 0. The highest BCUT2D eigenvalue weighted by Crippen LogP contribution is 2.45. The number of hydrogen-bond acceptors (Lipinski definition) is 3. The minimum atomic E-state index is -0.407. The summed E-state index contributed by atoms with van der Waals surface area (Å²) < 4.78 is 11.7. The van der Waals surface area contributed by atoms with E-state index in [1.54, 1.807) is 0 Å². The molecule has 1 aliphatic carbocycles. The van der Waals surface area contributed by atoms with Gasteiger partial charge in [-0.15, -0.1) is 0 Å². The van der Waals surface area contributed by atoms with Crippen LogP contribution in [0.15, 0.2) is 35.5 Å². The maximum absolute atomic E-state index is 11.6. The molecule has 3 nitrogen and oxygen atoms in total. The van der Waals surface area contributed by atoms with Crippen molar-refractivity contribution in [2.45, 2.75) is 85.0 Å². The standard InChI is InChI=1S/C22H34O3/c1-15(2)19-12-10-16(3)8-7-9-17(4)11-13-20-22(6,25-20)21(14-19)24-18(5)23/h9-10,12,14-16,20-21H,7-8,11,13H2,1-6H3/b12-10+,17-9+,19-14+/t16-,20-,21-,22+/m0/s1. The first kappa shape index (κ1) is 20.0. The SMILES string of the molecule is CC(=O)O[C@H]1/C=C(C(C)C)\C=C\[C@@H](C)CC/C=C(\C)CC[C@@H]2O[C@@]12C. The Hall–Kier alpha value is -1.35. The van der Waals surface area contributed by atoms with Crippen LogP contribution in [0.2, 0.25) is 0 Å². The van der Waals surface area contributed by atoms with Gasteiger partial charge in [0.1, 0.15) is 5.60 Å². The molecule has 0 saturated carbocycles. The smallest absolute Gasteiger partial charge is 0.303 e. The van der Waals surface area contributed by atoms with Gasteiger partial charge in [-0.1, -0.05) is 44.6 Å². The van der Waals surface area contributed by atoms with Crippen molar-refractivity contribution in [2.24, 2.45) is 11.8 Å². The van der Waals surface area contributed by atoms with Gasteiger partial charge in [0.25, 0.3) is 0 Å². The quantitative estimate of drug-likeness (QED) is 0.383. The predicted molar refractivity (Wildman–Crippen MR) is 102 cm³/mol. The largest absolute Gasteiger partial charge is 0.455 e. The summed E-state index contributed by atoms with van der Waals surface area (Å²) in [6.45, 7) is 12.3. The summed E-state index contributed by atoms with van der Waals surface area (Å²) in [5.41, 5.74) is 2.22. The molecular weight excluding hydrogens is 312 g/mol. The van der Waals surface area contributed by atoms with Crippen molar-refractivity contribution in [3.8, 4) is 0 Å². The molecule has 2 rings (SSSR count). The van der Waals surface area contributed by atoms with E-state index in [4.69, 9.17) is 9.47 Å². The molecule has 2 aliphatic rings. The lowest BCUT2D eigenvalue weighted by Crippen LogP contribution is -2.32. The number of carbonyl (C=O) groups excluding carboxylic acids is 1. The maximum Gasteiger partial charge on any atom is 0.303 e. The number of fused-ring (bicyclic) bond motifs is 1. The van der Waals surface area contributed by atoms with E-state index in [9.17, 15) is 4.79 Å². The third-order valence-corrected chi connectivity index (χ3v) is 5.38. The molecule has 1 fully saturated rings. The number of allylic oxidation sites excluding steroid dienone is 5. The fourth-order valence-corrected chi connectivity index (χ4v) is 3.40. The number of carbonyl (C=O) groups is 1. The molecule has 0 aromatic heterocycles. The van der Waals surface area contributed by atoms with E-state index >= 15 is 0 Å². The second kappa shape index (κ2) is 8.35. The molecule has 4 atom stereocenters. The monoisotopic (exact) mass is 346 g/mol. The van der Waals surface area contributed by atoms with Crippen molar-refractivity contribution in [1.82, 2.24) is 0 Å². The van der Waals surface area contributed by atoms with Crippen molar-refractivity contribution in [3.63, 3.8) is 0 Å². The first-order chi connectivity index (χ1) is 11.7. The zero-order valence-electron chi connectivity index (χ0n) is 16.7. The van der Waals surface area contributed by atoms with Crippen LogP contribution in [0.5, 0.6) is 0 Å². The fourth-order valence-electron chi connectivity index (χ4n) is 3.40. The van der Waals surface area contributed by atoms with E-state index in [1.165, 1.54) is 18.1 Å². The van der Waals surface area contributed by atoms with Gasteiger partial charge in [-0.2, -0.15) is 0 Å². The van der Waals surface area contributed by atoms with Crippen molar-refractivity contribution in [1.29, 1.82) is 0 Å². The van der Waals surface area contributed by atoms with Crippen LogP contribution in [0.4, 0.5) is 0 Å². The van der Waals surface area contributed by atoms with E-state index in [0.717, 1.165) is 25.7 Å². The van der Waals surface area contributed by atoms with Crippen LogP contribution in [-0.4, -0.2) is 23.8 Å². The molecule has 1 heterocycles. The molecule has 25 heavy (non-hydrogen) atoms. The molecular formula is C22H34O3. The van der Waals surface area contributed by atoms with Gasteiger partial charge in [0.2, 0.25) is 0 Å². The van der Waals surface area contributed by atoms with Crippen LogP contribution in [-0.2, 0) is 14.3 Å². The van der Waals surface area contributed by atoms with Crippen molar-refractivity contribution >= 4 is 5.97 Å². The van der Waals surface area contributed by atoms with Crippen LogP contribution in [0.1, 0.15) is 67.2 Å². The highest BCUT2D eigenvalue weighted by atomic mass is 16.6. The van der Waals surface area contributed by atoms with Gasteiger partial charge in [-0.25, -0.2) is 0 Å². The number of rotatable bonds is 2. The first-order valence-electron chi connectivity index (χ1n) is 9.63. The molecule has 0 amide bonds. The Balaban J connectivity index is 2.33. The number of esters is 1. The summed E-state index contributed by atoms with van der Waals surface area (Å²) in [4.78, 5) is 11.6. The van der Waals surface area contributed by atoms with E-state index < -0.39 is 5.60 Å². The van der Waals surface area contributed by atoms with Crippen LogP contribution in [0, 0.1) is 11.8 Å². The lowest BCUT2D eigenvalue weighted by Gasteiger charge is -2.21. The molecule has 0 unspecified atom stereocenters. The maximum atomic E-state index is 11.6. The Bertz CT molecular complexity index is 570. The summed E-state index contributed by atoms with van der Waals surface area (Å²) >= 11 is 0. The molecule has 0 aromatic carbocycles. The van der Waals surface area contributed by atoms with Gasteiger partial charge in [-0.05, 0) is 63.0 Å². The Labute approximate surface area is 153 Å². The predicted octanol–water partition coefficient (Wildman–Crippen LogP) is 5.37. The van der Waals surface area contributed by atoms with E-state index in [2.05, 4.69) is 58.9 Å². The summed E-state index contributed by atoms with van der Waals surface area (Å²) in [6.07, 6.45) is 13.1. The molecule has 3 heteroatoms. The molecule has 0 N–H and O–H groups in total. The Kier molecular flexibility index (Phi) is 6.67. The van der Waals surface area contributed by atoms with Crippen molar-refractivity contribution in [3.05, 3.63) is 35.5 Å². The molecule has 0 bridgehead atoms. The highest BCUT2D eigenvalue weighted by molar-refractivity contribution is 5.66. The Morgan fingerprint density at radius 2 is 2.08 bits per heavy atom. The molecule has 0 spiro atoms. The van der Waals surface area contributed by atoms with E-state index in [1.807, 2.05) is 0 Å². The second-order valence-corrected chi connectivity index (χ2v) is 8.14. The van der Waals surface area contributed by atoms with Gasteiger partial charge < -0.3 is 9.47 Å². The van der Waals surface area contributed by atoms with Gasteiger partial charge in [-0.3, -0.25) is 4.79 Å². The van der Waals surface area contributed by atoms with Gasteiger partial charge >= 0.3 is 5.97 Å². The summed E-state index contributed by atoms with van der Waals surface area (Å²) in [5.74, 6) is 0.647. The molecule has 0 aromatic rings. The lowest BCUT2D eigenvalue weighted by atomic mass is 9.90. The summed E-state index contributed by atoms with van der Waals surface area (Å²) in [6, 6.07) is 0. The number of ether oxygens (including phenoxy) is 2. The minimum Gasteiger partial charge on any atom is -0.455 e. The molecule has 1 saturated heterocycles. The van der Waals surface area contributed by atoms with Crippen LogP contribution >= 0.6 is 0 Å². The first-order valence-corrected chi connectivity index (χ1v) is 9.63. The third-order valence-electron chi connectivity index (χ3n) is 5.38. The van der Waals surface area contributed by atoms with Gasteiger partial charge in [0.15, 0.2) is 6.10 Å². The topological polar surface area (TPSA) is 38.8 Å². The summed E-state index contributed by atoms with van der Waals surface area (Å²) in [7, 11) is 0. The van der Waals surface area contributed by atoms with Crippen molar-refractivity contribution < 1.29 is 14.3 Å². The molecule has 1 aliphatic heterocycles. The van der Waals surface area contributed by atoms with Crippen LogP contribution in [0.25, 0.3) is 0 Å². The Morgan fingerprint density at radius 1 is 1.36 bits per heavy atom. The van der Waals surface area contributed by atoms with Crippen molar-refractivity contribution in [2.75, 3.05) is 0 Å². The lowest BCUT2D eigenvalue weighted by molar-refractivity contribution is -0.146. The zero-order valence-corrected chi connectivity index (χ0v) is 16.7. The zero-order chi connectivity index (χ0) is 18.6. The molecule has 140 valence electrons. The van der Waals surface area contributed by atoms with E-state index in [0.29, 0.717) is 11.8 Å². The van der Waals surface area contributed by atoms with Crippen LogP contribution in [0.3, 0.4) is 0 Å². The third kappa shape index (κ3) is 5.57. The average molecular weight is 347 g/mol. The highest BCUT2D eigenvalue weighted by Gasteiger charge is 2.58. The summed E-state index contributed by atoms with van der Waals surface area (Å²) in [5, 5.41) is 0. The normalized spacial score (nSPS) is 39.2. The van der Waals surface area contributed by atoms with E-state index in [-0.39, 0.29) is 18.2 Å². The van der Waals surface area contributed by atoms with Gasteiger partial charge in [0, 0.05) is 6.92 Å². The minimum absolute atomic E-state index is 0.149. The second-order valence-electron chi connectivity index (χ2n) is 8.14. The van der Waals surface area contributed by atoms with Gasteiger partial charge in [0.05, 0.1) is 6.10 Å². The average Bonchev–Trinajstić information content (AvgIpc) is 3.18. The molecule has 0 radical (unpaired) electrons. The Morgan fingerprint density at radius 3 is 2.72 bits per heavy atom. The van der Waals surface area contributed by atoms with Crippen LogP contribution < -0.4 is 0 Å². The number of epoxide rings is 1. The fraction of sp³-hybridized carbons (Fsp3) is 0.682.